The predicted octanol–water partition coefficient (Wildman–Crippen LogP) is 4.91. The second kappa shape index (κ2) is 5.92. The highest BCUT2D eigenvalue weighted by molar-refractivity contribution is 9.10. The van der Waals surface area contributed by atoms with Crippen LogP contribution in [0.3, 0.4) is 0 Å². The van der Waals surface area contributed by atoms with Crippen LogP contribution >= 0.6 is 28.1 Å². The van der Waals surface area contributed by atoms with Crippen molar-refractivity contribution < 1.29 is 4.39 Å². The third kappa shape index (κ3) is 3.70. The first-order valence-electron chi connectivity index (χ1n) is 6.01. The average molecular weight is 341 g/mol. The Morgan fingerprint density at radius 2 is 2.11 bits per heavy atom. The maximum atomic E-state index is 13.4. The molecule has 0 fully saturated rings. The van der Waals surface area contributed by atoms with Crippen LogP contribution in [-0.4, -0.2) is 9.97 Å². The summed E-state index contributed by atoms with van der Waals surface area (Å²) in [6, 6.07) is 6.36. The molecule has 2 aromatic rings. The Kier molecular flexibility index (Phi) is 4.47. The summed E-state index contributed by atoms with van der Waals surface area (Å²) in [6.45, 7) is 4.27. The van der Waals surface area contributed by atoms with E-state index in [1.54, 1.807) is 6.07 Å². The second-order valence-corrected chi connectivity index (χ2v) is 6.09. The topological polar surface area (TPSA) is 28.7 Å². The summed E-state index contributed by atoms with van der Waals surface area (Å²) < 4.78 is 14.7. The standard InChI is InChI=1S/C14H14BrFN2S/c1-8(2)5-10-7-13(19)18-14(17-10)11-6-9(16)3-4-12(11)15/h3-4,6-8H,5H2,1-2H3,(H,17,18,19). The van der Waals surface area contributed by atoms with Gasteiger partial charge in [-0.1, -0.05) is 42.0 Å². The molecule has 19 heavy (non-hydrogen) atoms. The molecule has 0 radical (unpaired) electrons. The molecule has 1 aromatic carbocycles. The highest BCUT2D eigenvalue weighted by Crippen LogP contribution is 2.26. The quantitative estimate of drug-likeness (QED) is 0.804. The lowest BCUT2D eigenvalue weighted by Crippen LogP contribution is -2.01. The van der Waals surface area contributed by atoms with Crippen molar-refractivity contribution in [3.05, 3.63) is 44.9 Å². The van der Waals surface area contributed by atoms with E-state index >= 15 is 0 Å². The lowest BCUT2D eigenvalue weighted by Gasteiger charge is -2.09. The normalized spacial score (nSPS) is 11.0. The monoisotopic (exact) mass is 340 g/mol. The number of aromatic nitrogens is 2. The van der Waals surface area contributed by atoms with Gasteiger partial charge in [0.1, 0.15) is 16.3 Å². The summed E-state index contributed by atoms with van der Waals surface area (Å²) in [6.07, 6.45) is 0.881. The van der Waals surface area contributed by atoms with Crippen molar-refractivity contribution in [1.82, 2.24) is 9.97 Å². The van der Waals surface area contributed by atoms with Crippen LogP contribution in [0, 0.1) is 16.4 Å². The van der Waals surface area contributed by atoms with Crippen molar-refractivity contribution in [3.63, 3.8) is 0 Å². The molecule has 0 saturated carbocycles. The zero-order valence-electron chi connectivity index (χ0n) is 10.7. The summed E-state index contributed by atoms with van der Waals surface area (Å²) in [5, 5.41) is 0. The van der Waals surface area contributed by atoms with E-state index in [1.807, 2.05) is 6.07 Å². The molecule has 1 heterocycles. The molecular weight excluding hydrogens is 327 g/mol. The number of halogens is 2. The van der Waals surface area contributed by atoms with E-state index in [-0.39, 0.29) is 5.82 Å². The molecular formula is C14H14BrFN2S. The van der Waals surface area contributed by atoms with Gasteiger partial charge < -0.3 is 4.98 Å². The summed E-state index contributed by atoms with van der Waals surface area (Å²) in [5.74, 6) is 0.806. The number of H-pyrrole nitrogens is 1. The molecule has 0 bridgehead atoms. The molecule has 100 valence electrons. The lowest BCUT2D eigenvalue weighted by atomic mass is 10.1. The second-order valence-electron chi connectivity index (χ2n) is 4.82. The maximum Gasteiger partial charge on any atom is 0.140 e. The van der Waals surface area contributed by atoms with Crippen LogP contribution in [0.25, 0.3) is 11.4 Å². The van der Waals surface area contributed by atoms with Gasteiger partial charge in [-0.2, -0.15) is 0 Å². The predicted molar refractivity (Wildman–Crippen MR) is 81.1 cm³/mol. The van der Waals surface area contributed by atoms with E-state index in [0.29, 0.717) is 21.9 Å². The van der Waals surface area contributed by atoms with Crippen molar-refractivity contribution in [3.8, 4) is 11.4 Å². The first-order valence-corrected chi connectivity index (χ1v) is 7.21. The van der Waals surface area contributed by atoms with Gasteiger partial charge in [-0.3, -0.25) is 0 Å². The van der Waals surface area contributed by atoms with E-state index in [0.717, 1.165) is 16.6 Å². The SMILES string of the molecule is CC(C)Cc1cc(=S)nc(-c2cc(F)ccc2Br)[nH]1. The van der Waals surface area contributed by atoms with Crippen LogP contribution in [-0.2, 0) is 6.42 Å². The average Bonchev–Trinajstić information content (AvgIpc) is 2.30. The fourth-order valence-electron chi connectivity index (χ4n) is 1.86. The lowest BCUT2D eigenvalue weighted by molar-refractivity contribution is 0.627. The number of nitrogens with one attached hydrogen (secondary N) is 1. The number of nitrogens with zero attached hydrogens (tertiary/aromatic N) is 1. The molecule has 5 heteroatoms. The van der Waals surface area contributed by atoms with Gasteiger partial charge in [0.2, 0.25) is 0 Å². The van der Waals surface area contributed by atoms with E-state index in [9.17, 15) is 4.39 Å². The van der Waals surface area contributed by atoms with Gasteiger partial charge in [0.25, 0.3) is 0 Å². The van der Waals surface area contributed by atoms with Crippen LogP contribution < -0.4 is 0 Å². The molecule has 0 spiro atoms. The van der Waals surface area contributed by atoms with Gasteiger partial charge in [0, 0.05) is 15.7 Å². The molecule has 2 nitrogen and oxygen atoms in total. The van der Waals surface area contributed by atoms with Crippen molar-refractivity contribution >= 4 is 28.1 Å². The Morgan fingerprint density at radius 1 is 1.37 bits per heavy atom. The molecule has 0 aliphatic rings. The highest BCUT2D eigenvalue weighted by Gasteiger charge is 2.09. The zero-order valence-corrected chi connectivity index (χ0v) is 13.1. The minimum Gasteiger partial charge on any atom is -0.343 e. The third-order valence-electron chi connectivity index (χ3n) is 2.61. The molecule has 0 amide bonds. The van der Waals surface area contributed by atoms with E-state index < -0.39 is 0 Å². The van der Waals surface area contributed by atoms with Crippen LogP contribution in [0.5, 0.6) is 0 Å². The molecule has 1 N–H and O–H groups in total. The van der Waals surface area contributed by atoms with Crippen LogP contribution in [0.4, 0.5) is 4.39 Å². The van der Waals surface area contributed by atoms with Gasteiger partial charge >= 0.3 is 0 Å². The number of hydrogen-bond acceptors (Lipinski definition) is 2. The third-order valence-corrected chi connectivity index (χ3v) is 3.51. The largest absolute Gasteiger partial charge is 0.343 e. The molecule has 0 aliphatic carbocycles. The summed E-state index contributed by atoms with van der Waals surface area (Å²) in [7, 11) is 0. The summed E-state index contributed by atoms with van der Waals surface area (Å²) in [4.78, 5) is 7.50. The minimum absolute atomic E-state index is 0.298. The number of aromatic amines is 1. The molecule has 0 aliphatic heterocycles. The van der Waals surface area contributed by atoms with Crippen LogP contribution in [0.15, 0.2) is 28.7 Å². The fourth-order valence-corrected chi connectivity index (χ4v) is 2.53. The number of hydrogen-bond donors (Lipinski definition) is 1. The Balaban J connectivity index is 2.53. The van der Waals surface area contributed by atoms with E-state index in [1.165, 1.54) is 12.1 Å². The Hall–Kier alpha value is -1.07. The number of rotatable bonds is 3. The molecule has 0 saturated heterocycles. The smallest absolute Gasteiger partial charge is 0.140 e. The van der Waals surface area contributed by atoms with Gasteiger partial charge in [-0.25, -0.2) is 9.37 Å². The van der Waals surface area contributed by atoms with Crippen molar-refractivity contribution in [2.45, 2.75) is 20.3 Å². The van der Waals surface area contributed by atoms with E-state index in [2.05, 4.69) is 39.7 Å². The molecule has 0 unspecified atom stereocenters. The Morgan fingerprint density at radius 3 is 2.79 bits per heavy atom. The first-order chi connectivity index (χ1) is 8.95. The van der Waals surface area contributed by atoms with E-state index in [4.69, 9.17) is 12.2 Å². The van der Waals surface area contributed by atoms with Crippen LogP contribution in [0.2, 0.25) is 0 Å². The molecule has 0 atom stereocenters. The van der Waals surface area contributed by atoms with Gasteiger partial charge in [0.05, 0.1) is 0 Å². The Labute approximate surface area is 125 Å². The Bertz CT molecular complexity index is 652. The number of benzene rings is 1. The van der Waals surface area contributed by atoms with Gasteiger partial charge in [-0.15, -0.1) is 0 Å². The maximum absolute atomic E-state index is 13.4. The van der Waals surface area contributed by atoms with Gasteiger partial charge in [-0.05, 0) is 36.6 Å². The van der Waals surface area contributed by atoms with Gasteiger partial charge in [0.15, 0.2) is 0 Å². The summed E-state index contributed by atoms with van der Waals surface area (Å²) in [5.41, 5.74) is 1.69. The zero-order chi connectivity index (χ0) is 14.0. The van der Waals surface area contributed by atoms with Crippen LogP contribution in [0.1, 0.15) is 19.5 Å². The van der Waals surface area contributed by atoms with Crippen molar-refractivity contribution in [2.75, 3.05) is 0 Å². The van der Waals surface area contributed by atoms with Crippen molar-refractivity contribution in [1.29, 1.82) is 0 Å². The molecule has 1 aromatic heterocycles. The minimum atomic E-state index is -0.298. The first kappa shape index (κ1) is 14.3. The fraction of sp³-hybridized carbons (Fsp3) is 0.286. The molecule has 2 rings (SSSR count). The highest BCUT2D eigenvalue weighted by atomic mass is 79.9. The van der Waals surface area contributed by atoms with Crippen molar-refractivity contribution in [2.24, 2.45) is 5.92 Å². The summed E-state index contributed by atoms with van der Waals surface area (Å²) >= 11 is 8.58.